The first-order chi connectivity index (χ1) is 9.73. The van der Waals surface area contributed by atoms with Gasteiger partial charge in [0, 0.05) is 19.8 Å². The SMILES string of the molecule is CN(C)S(=O)(=O)c1cccc(NC(=O)CSCC(=O)O)c1. The second-order valence-electron chi connectivity index (χ2n) is 4.25. The number of nitrogens with zero attached hydrogens (tertiary/aromatic N) is 1. The van der Waals surface area contributed by atoms with E-state index in [1.54, 1.807) is 6.07 Å². The Labute approximate surface area is 127 Å². The largest absolute Gasteiger partial charge is 0.481 e. The van der Waals surface area contributed by atoms with Crippen LogP contribution in [0.4, 0.5) is 5.69 Å². The Morgan fingerprint density at radius 3 is 2.52 bits per heavy atom. The van der Waals surface area contributed by atoms with Crippen LogP contribution in [0.2, 0.25) is 0 Å². The molecule has 0 fully saturated rings. The fourth-order valence-corrected chi connectivity index (χ4v) is 2.86. The molecule has 0 heterocycles. The van der Waals surface area contributed by atoms with Crippen LogP contribution in [0.3, 0.4) is 0 Å². The zero-order valence-corrected chi connectivity index (χ0v) is 13.2. The first-order valence-electron chi connectivity index (χ1n) is 5.85. The van der Waals surface area contributed by atoms with Crippen LogP contribution in [0.25, 0.3) is 0 Å². The van der Waals surface area contributed by atoms with Crippen molar-refractivity contribution in [1.82, 2.24) is 4.31 Å². The summed E-state index contributed by atoms with van der Waals surface area (Å²) in [7, 11) is -0.725. The highest BCUT2D eigenvalue weighted by atomic mass is 32.2. The van der Waals surface area contributed by atoms with Crippen molar-refractivity contribution in [3.63, 3.8) is 0 Å². The van der Waals surface area contributed by atoms with E-state index in [0.29, 0.717) is 5.69 Å². The number of carbonyl (C=O) groups excluding carboxylic acids is 1. The van der Waals surface area contributed by atoms with Crippen molar-refractivity contribution in [2.24, 2.45) is 0 Å². The van der Waals surface area contributed by atoms with Gasteiger partial charge in [0.15, 0.2) is 0 Å². The molecular weight excluding hydrogens is 316 g/mol. The van der Waals surface area contributed by atoms with Crippen LogP contribution >= 0.6 is 11.8 Å². The van der Waals surface area contributed by atoms with Crippen LogP contribution in [0.5, 0.6) is 0 Å². The summed E-state index contributed by atoms with van der Waals surface area (Å²) in [6, 6.07) is 5.88. The number of aliphatic carboxylic acids is 1. The number of nitrogens with one attached hydrogen (secondary N) is 1. The number of sulfonamides is 1. The maximum Gasteiger partial charge on any atom is 0.313 e. The van der Waals surface area contributed by atoms with Gasteiger partial charge in [-0.1, -0.05) is 6.07 Å². The molecule has 0 aromatic heterocycles. The number of rotatable bonds is 7. The Hall–Kier alpha value is -1.58. The molecule has 1 amide bonds. The minimum Gasteiger partial charge on any atom is -0.481 e. The predicted molar refractivity (Wildman–Crippen MR) is 80.9 cm³/mol. The van der Waals surface area contributed by atoms with E-state index in [-0.39, 0.29) is 22.3 Å². The molecule has 0 spiro atoms. The molecular formula is C12H16N2O5S2. The molecule has 0 aliphatic heterocycles. The van der Waals surface area contributed by atoms with E-state index < -0.39 is 16.0 Å². The number of hydrogen-bond donors (Lipinski definition) is 2. The molecule has 21 heavy (non-hydrogen) atoms. The van der Waals surface area contributed by atoms with E-state index in [0.717, 1.165) is 16.1 Å². The molecule has 1 aromatic carbocycles. The van der Waals surface area contributed by atoms with Crippen molar-refractivity contribution in [2.45, 2.75) is 4.90 Å². The van der Waals surface area contributed by atoms with Crippen LogP contribution in [0.1, 0.15) is 0 Å². The van der Waals surface area contributed by atoms with Crippen molar-refractivity contribution in [1.29, 1.82) is 0 Å². The Bertz CT molecular complexity index is 628. The van der Waals surface area contributed by atoms with Gasteiger partial charge in [-0.3, -0.25) is 9.59 Å². The summed E-state index contributed by atoms with van der Waals surface area (Å²) in [4.78, 5) is 22.0. The first-order valence-corrected chi connectivity index (χ1v) is 8.45. The molecule has 0 aliphatic carbocycles. The van der Waals surface area contributed by atoms with Crippen LogP contribution in [-0.2, 0) is 19.6 Å². The van der Waals surface area contributed by atoms with Gasteiger partial charge in [-0.2, -0.15) is 0 Å². The fraction of sp³-hybridized carbons (Fsp3) is 0.333. The normalized spacial score (nSPS) is 11.4. The topological polar surface area (TPSA) is 104 Å². The van der Waals surface area contributed by atoms with E-state index >= 15 is 0 Å². The third kappa shape index (κ3) is 5.37. The highest BCUT2D eigenvalue weighted by Gasteiger charge is 2.17. The molecule has 0 saturated carbocycles. The quantitative estimate of drug-likeness (QED) is 0.761. The molecule has 116 valence electrons. The van der Waals surface area contributed by atoms with E-state index in [1.165, 1.54) is 32.3 Å². The number of hydrogen-bond acceptors (Lipinski definition) is 5. The van der Waals surface area contributed by atoms with Gasteiger partial charge in [0.25, 0.3) is 0 Å². The maximum atomic E-state index is 12.0. The fourth-order valence-electron chi connectivity index (χ4n) is 1.37. The molecule has 1 aromatic rings. The standard InChI is InChI=1S/C12H16N2O5S2/c1-14(2)21(18,19)10-5-3-4-9(6-10)13-11(15)7-20-8-12(16)17/h3-6H,7-8H2,1-2H3,(H,13,15)(H,16,17). The third-order valence-corrected chi connectivity index (χ3v) is 5.08. The van der Waals surface area contributed by atoms with Gasteiger partial charge in [0.05, 0.1) is 16.4 Å². The van der Waals surface area contributed by atoms with Crippen molar-refractivity contribution in [3.8, 4) is 0 Å². The number of anilines is 1. The van der Waals surface area contributed by atoms with Gasteiger partial charge in [0.2, 0.25) is 15.9 Å². The van der Waals surface area contributed by atoms with Gasteiger partial charge in [0.1, 0.15) is 0 Å². The second-order valence-corrected chi connectivity index (χ2v) is 7.39. The summed E-state index contributed by atoms with van der Waals surface area (Å²) >= 11 is 0.965. The average Bonchev–Trinajstić information content (AvgIpc) is 2.38. The van der Waals surface area contributed by atoms with Crippen molar-refractivity contribution < 1.29 is 23.1 Å². The second kappa shape index (κ2) is 7.43. The molecule has 0 aliphatic rings. The number of thioether (sulfide) groups is 1. The molecule has 0 radical (unpaired) electrons. The summed E-state index contributed by atoms with van der Waals surface area (Å²) in [6.07, 6.45) is 0. The molecule has 7 nitrogen and oxygen atoms in total. The molecule has 0 bridgehead atoms. The zero-order valence-electron chi connectivity index (χ0n) is 11.6. The molecule has 1 rings (SSSR count). The lowest BCUT2D eigenvalue weighted by Crippen LogP contribution is -2.22. The summed E-state index contributed by atoms with van der Waals surface area (Å²) in [5, 5.41) is 11.0. The predicted octanol–water partition coefficient (Wildman–Crippen LogP) is 0.693. The van der Waals surface area contributed by atoms with Crippen molar-refractivity contribution in [2.75, 3.05) is 30.9 Å². The van der Waals surface area contributed by atoms with E-state index in [2.05, 4.69) is 5.32 Å². The Morgan fingerprint density at radius 2 is 1.95 bits per heavy atom. The monoisotopic (exact) mass is 332 g/mol. The minimum atomic E-state index is -3.56. The van der Waals surface area contributed by atoms with Crippen molar-refractivity contribution in [3.05, 3.63) is 24.3 Å². The Balaban J connectivity index is 2.73. The van der Waals surface area contributed by atoms with Crippen LogP contribution in [-0.4, -0.2) is 55.3 Å². The highest BCUT2D eigenvalue weighted by molar-refractivity contribution is 8.00. The lowest BCUT2D eigenvalue weighted by atomic mass is 10.3. The molecule has 0 unspecified atom stereocenters. The van der Waals surface area contributed by atoms with E-state index in [9.17, 15) is 18.0 Å². The van der Waals surface area contributed by atoms with Gasteiger partial charge >= 0.3 is 5.97 Å². The maximum absolute atomic E-state index is 12.0. The summed E-state index contributed by atoms with van der Waals surface area (Å²) in [5.41, 5.74) is 0.346. The van der Waals surface area contributed by atoms with Crippen LogP contribution in [0, 0.1) is 0 Å². The summed E-state index contributed by atoms with van der Waals surface area (Å²) in [6.45, 7) is 0. The van der Waals surface area contributed by atoms with Gasteiger partial charge in [-0.05, 0) is 18.2 Å². The zero-order chi connectivity index (χ0) is 16.0. The third-order valence-electron chi connectivity index (χ3n) is 2.36. The van der Waals surface area contributed by atoms with Gasteiger partial charge < -0.3 is 10.4 Å². The van der Waals surface area contributed by atoms with Gasteiger partial charge in [-0.15, -0.1) is 11.8 Å². The molecule has 9 heteroatoms. The number of benzene rings is 1. The van der Waals surface area contributed by atoms with E-state index in [1.807, 2.05) is 0 Å². The molecule has 2 N–H and O–H groups in total. The number of carbonyl (C=O) groups is 2. The highest BCUT2D eigenvalue weighted by Crippen LogP contribution is 2.18. The number of amides is 1. The Morgan fingerprint density at radius 1 is 1.29 bits per heavy atom. The smallest absolute Gasteiger partial charge is 0.313 e. The lowest BCUT2D eigenvalue weighted by Gasteiger charge is -2.12. The molecule has 0 atom stereocenters. The van der Waals surface area contributed by atoms with E-state index in [4.69, 9.17) is 5.11 Å². The van der Waals surface area contributed by atoms with Crippen molar-refractivity contribution >= 4 is 39.3 Å². The molecule has 0 saturated heterocycles. The van der Waals surface area contributed by atoms with Gasteiger partial charge in [-0.25, -0.2) is 12.7 Å². The first kappa shape index (κ1) is 17.5. The Kier molecular flexibility index (Phi) is 6.19. The van der Waals surface area contributed by atoms with Crippen LogP contribution in [0.15, 0.2) is 29.2 Å². The number of carboxylic acids is 1. The van der Waals surface area contributed by atoms with Crippen LogP contribution < -0.4 is 5.32 Å². The lowest BCUT2D eigenvalue weighted by molar-refractivity contribution is -0.133. The summed E-state index contributed by atoms with van der Waals surface area (Å²) < 4.78 is 25.0. The minimum absolute atomic E-state index is 0.0169. The summed E-state index contributed by atoms with van der Waals surface area (Å²) in [5.74, 6) is -1.56. The average molecular weight is 332 g/mol. The number of carboxylic acid groups (broad SMARTS) is 1.